The monoisotopic (exact) mass is 345 g/mol. The van der Waals surface area contributed by atoms with E-state index in [4.69, 9.17) is 9.47 Å². The molecule has 0 saturated heterocycles. The predicted octanol–water partition coefficient (Wildman–Crippen LogP) is 2.52. The van der Waals surface area contributed by atoms with Gasteiger partial charge in [0.2, 0.25) is 5.88 Å². The van der Waals surface area contributed by atoms with E-state index in [9.17, 15) is 4.79 Å². The van der Waals surface area contributed by atoms with Gasteiger partial charge in [0.15, 0.2) is 0 Å². The maximum absolute atomic E-state index is 11.9. The minimum Gasteiger partial charge on any atom is -0.477 e. The highest BCUT2D eigenvalue weighted by Crippen LogP contribution is 2.29. The van der Waals surface area contributed by atoms with Crippen LogP contribution in [0, 0.1) is 5.92 Å². The summed E-state index contributed by atoms with van der Waals surface area (Å²) in [5, 5.41) is 4.23. The number of carbonyl (C=O) groups is 1. The largest absolute Gasteiger partial charge is 0.477 e. The number of nitrogens with zero attached hydrogens (tertiary/aromatic N) is 3. The fourth-order valence-corrected chi connectivity index (χ4v) is 2.44. The van der Waals surface area contributed by atoms with Crippen LogP contribution in [0.3, 0.4) is 0 Å². The number of carbonyl (C=O) groups excluding carboxylic acids is 1. The topological polar surface area (TPSA) is 56.6 Å². The van der Waals surface area contributed by atoms with E-state index in [0.29, 0.717) is 13.2 Å². The van der Waals surface area contributed by atoms with Crippen LogP contribution in [0.15, 0.2) is 10.7 Å². The Kier molecular flexibility index (Phi) is 4.27. The van der Waals surface area contributed by atoms with Crippen molar-refractivity contribution in [2.75, 3.05) is 20.2 Å². The van der Waals surface area contributed by atoms with Crippen LogP contribution >= 0.6 is 15.9 Å². The Morgan fingerprint density at radius 1 is 1.65 bits per heavy atom. The average Bonchev–Trinajstić information content (AvgIpc) is 2.68. The smallest absolute Gasteiger partial charge is 0.410 e. The van der Waals surface area contributed by atoms with E-state index < -0.39 is 5.60 Å². The zero-order valence-corrected chi connectivity index (χ0v) is 13.8. The highest BCUT2D eigenvalue weighted by Gasteiger charge is 2.26. The van der Waals surface area contributed by atoms with E-state index in [1.165, 1.54) is 0 Å². The second-order valence-corrected chi connectivity index (χ2v) is 6.87. The van der Waals surface area contributed by atoms with Gasteiger partial charge in [0.05, 0.1) is 23.8 Å². The van der Waals surface area contributed by atoms with E-state index in [2.05, 4.69) is 21.0 Å². The first-order valence-electron chi connectivity index (χ1n) is 6.54. The molecule has 0 saturated carbocycles. The molecule has 1 atom stereocenters. The van der Waals surface area contributed by atoms with Crippen molar-refractivity contribution in [2.24, 2.45) is 5.92 Å². The first-order chi connectivity index (χ1) is 9.26. The molecule has 0 N–H and O–H groups in total. The van der Waals surface area contributed by atoms with Crippen LogP contribution in [-0.2, 0) is 11.3 Å². The van der Waals surface area contributed by atoms with Crippen LogP contribution in [0.1, 0.15) is 20.8 Å². The second kappa shape index (κ2) is 5.63. The van der Waals surface area contributed by atoms with Gasteiger partial charge in [-0.25, -0.2) is 9.48 Å². The molecule has 0 radical (unpaired) electrons. The summed E-state index contributed by atoms with van der Waals surface area (Å²) in [6.07, 6.45) is 1.40. The molecule has 0 fully saturated rings. The molecule has 20 heavy (non-hydrogen) atoms. The number of rotatable bonds is 2. The highest BCUT2D eigenvalue weighted by molar-refractivity contribution is 9.10. The van der Waals surface area contributed by atoms with Gasteiger partial charge in [-0.1, -0.05) is 0 Å². The lowest BCUT2D eigenvalue weighted by Crippen LogP contribution is -2.40. The third kappa shape index (κ3) is 3.65. The van der Waals surface area contributed by atoms with Crippen LogP contribution in [0.2, 0.25) is 0 Å². The standard InChI is InChI=1S/C13H20BrN3O3/c1-13(2,3)20-12(18)16(4)6-9-7-17-11(19-8-9)10(14)5-15-17/h5,9H,6-8H2,1-4H3. The van der Waals surface area contributed by atoms with E-state index >= 15 is 0 Å². The van der Waals surface area contributed by atoms with Crippen molar-refractivity contribution < 1.29 is 14.3 Å². The summed E-state index contributed by atoms with van der Waals surface area (Å²) in [7, 11) is 1.74. The summed E-state index contributed by atoms with van der Waals surface area (Å²) in [6, 6.07) is 0. The van der Waals surface area contributed by atoms with Crippen LogP contribution in [0.25, 0.3) is 0 Å². The molecule has 2 heterocycles. The molecule has 0 aromatic carbocycles. The molecule has 1 amide bonds. The number of hydrogen-bond donors (Lipinski definition) is 0. The molecule has 6 nitrogen and oxygen atoms in total. The molecule has 112 valence electrons. The highest BCUT2D eigenvalue weighted by atomic mass is 79.9. The third-order valence-electron chi connectivity index (χ3n) is 2.87. The van der Waals surface area contributed by atoms with Crippen molar-refractivity contribution in [3.05, 3.63) is 10.7 Å². The molecular formula is C13H20BrN3O3. The van der Waals surface area contributed by atoms with Gasteiger partial charge in [-0.15, -0.1) is 0 Å². The molecule has 7 heteroatoms. The molecule has 0 bridgehead atoms. The Morgan fingerprint density at radius 3 is 3.00 bits per heavy atom. The molecule has 1 aromatic heterocycles. The van der Waals surface area contributed by atoms with Gasteiger partial charge in [0.1, 0.15) is 5.60 Å². The van der Waals surface area contributed by atoms with E-state index in [1.54, 1.807) is 22.8 Å². The Labute approximate surface area is 127 Å². The van der Waals surface area contributed by atoms with Gasteiger partial charge >= 0.3 is 6.09 Å². The molecule has 1 unspecified atom stereocenters. The van der Waals surface area contributed by atoms with Crippen molar-refractivity contribution in [1.82, 2.24) is 14.7 Å². The molecular weight excluding hydrogens is 326 g/mol. The predicted molar refractivity (Wildman–Crippen MR) is 77.8 cm³/mol. The minimum absolute atomic E-state index is 0.201. The SMILES string of the molecule is CN(CC1COc2c(Br)cnn2C1)C(=O)OC(C)(C)C. The summed E-state index contributed by atoms with van der Waals surface area (Å²) in [5.41, 5.74) is -0.478. The van der Waals surface area contributed by atoms with Crippen LogP contribution in [0.4, 0.5) is 4.79 Å². The first-order valence-corrected chi connectivity index (χ1v) is 7.34. The zero-order valence-electron chi connectivity index (χ0n) is 12.2. The lowest BCUT2D eigenvalue weighted by molar-refractivity contribution is 0.0233. The van der Waals surface area contributed by atoms with Gasteiger partial charge in [-0.05, 0) is 36.7 Å². The van der Waals surface area contributed by atoms with Crippen LogP contribution in [0.5, 0.6) is 5.88 Å². The van der Waals surface area contributed by atoms with E-state index in [1.807, 2.05) is 20.8 Å². The zero-order chi connectivity index (χ0) is 14.9. The van der Waals surface area contributed by atoms with Gasteiger partial charge in [0.25, 0.3) is 0 Å². The van der Waals surface area contributed by atoms with Crippen molar-refractivity contribution in [3.8, 4) is 5.88 Å². The summed E-state index contributed by atoms with van der Waals surface area (Å²) in [4.78, 5) is 13.5. The van der Waals surface area contributed by atoms with E-state index in [0.717, 1.165) is 16.9 Å². The maximum Gasteiger partial charge on any atom is 0.410 e. The molecule has 2 rings (SSSR count). The molecule has 0 spiro atoms. The normalized spacial score (nSPS) is 18.1. The first kappa shape index (κ1) is 15.2. The summed E-state index contributed by atoms with van der Waals surface area (Å²) >= 11 is 3.39. The van der Waals surface area contributed by atoms with Gasteiger partial charge < -0.3 is 14.4 Å². The lowest BCUT2D eigenvalue weighted by atomic mass is 10.1. The van der Waals surface area contributed by atoms with Gasteiger partial charge in [-0.2, -0.15) is 5.10 Å². The third-order valence-corrected chi connectivity index (χ3v) is 3.42. The molecule has 0 aliphatic carbocycles. The minimum atomic E-state index is -0.478. The molecule has 1 aromatic rings. The Morgan fingerprint density at radius 2 is 2.35 bits per heavy atom. The number of halogens is 1. The second-order valence-electron chi connectivity index (χ2n) is 6.02. The Hall–Kier alpha value is -1.24. The van der Waals surface area contributed by atoms with Crippen molar-refractivity contribution >= 4 is 22.0 Å². The lowest BCUT2D eigenvalue weighted by Gasteiger charge is -2.29. The molecule has 1 aliphatic rings. The molecule has 1 aliphatic heterocycles. The van der Waals surface area contributed by atoms with Crippen molar-refractivity contribution in [1.29, 1.82) is 0 Å². The van der Waals surface area contributed by atoms with Gasteiger partial charge in [-0.3, -0.25) is 0 Å². The van der Waals surface area contributed by atoms with Crippen LogP contribution in [-0.4, -0.2) is 46.6 Å². The van der Waals surface area contributed by atoms with E-state index in [-0.39, 0.29) is 12.0 Å². The fourth-order valence-electron chi connectivity index (χ4n) is 2.03. The number of aromatic nitrogens is 2. The summed E-state index contributed by atoms with van der Waals surface area (Å²) < 4.78 is 13.7. The average molecular weight is 346 g/mol. The van der Waals surface area contributed by atoms with Crippen LogP contribution < -0.4 is 4.74 Å². The van der Waals surface area contributed by atoms with Gasteiger partial charge in [0, 0.05) is 19.5 Å². The number of amides is 1. The van der Waals surface area contributed by atoms with Crippen molar-refractivity contribution in [3.63, 3.8) is 0 Å². The summed E-state index contributed by atoms with van der Waals surface area (Å²) in [6.45, 7) is 7.44. The number of fused-ring (bicyclic) bond motifs is 1. The van der Waals surface area contributed by atoms with Crippen molar-refractivity contribution in [2.45, 2.75) is 32.9 Å². The quantitative estimate of drug-likeness (QED) is 0.826. The number of ether oxygens (including phenoxy) is 2. The number of hydrogen-bond acceptors (Lipinski definition) is 4. The summed E-state index contributed by atoms with van der Waals surface area (Å²) in [5.74, 6) is 0.952. The fraction of sp³-hybridized carbons (Fsp3) is 0.692. The Bertz CT molecular complexity index is 496. The Balaban J connectivity index is 1.90. The maximum atomic E-state index is 11.9.